The Morgan fingerprint density at radius 1 is 0.962 bits per heavy atom. The van der Waals surface area contributed by atoms with Crippen molar-refractivity contribution in [3.05, 3.63) is 76.9 Å². The number of aromatic carboxylic acids is 2. The van der Waals surface area contributed by atoms with Gasteiger partial charge in [-0.1, -0.05) is 43.7 Å². The molecule has 2 rings (SSSR count). The maximum absolute atomic E-state index is 10.6. The van der Waals surface area contributed by atoms with Gasteiger partial charge < -0.3 is 15.3 Å². The molecule has 0 radical (unpaired) electrons. The van der Waals surface area contributed by atoms with Gasteiger partial charge in [-0.3, -0.25) is 0 Å². The molecule has 5 heteroatoms. The van der Waals surface area contributed by atoms with Crippen LogP contribution in [0.1, 0.15) is 51.6 Å². The second-order valence-electron chi connectivity index (χ2n) is 5.77. The molecule has 0 aliphatic heterocycles. The summed E-state index contributed by atoms with van der Waals surface area (Å²) in [6, 6.07) is 11.4. The molecule has 3 N–H and O–H groups in total. The van der Waals surface area contributed by atoms with Gasteiger partial charge in [-0.2, -0.15) is 0 Å². The molecular formula is C21H24O5. The fraction of sp³-hybridized carbons (Fsp3) is 0.238. The van der Waals surface area contributed by atoms with Crippen molar-refractivity contribution in [3.63, 3.8) is 0 Å². The van der Waals surface area contributed by atoms with Crippen molar-refractivity contribution in [1.29, 1.82) is 0 Å². The number of hydrogen-bond acceptors (Lipinski definition) is 3. The maximum atomic E-state index is 10.6. The average Bonchev–Trinajstić information content (AvgIpc) is 2.61. The highest BCUT2D eigenvalue weighted by Crippen LogP contribution is 2.11. The zero-order chi connectivity index (χ0) is 19.5. The molecule has 0 saturated heterocycles. The first kappa shape index (κ1) is 21.0. The standard InChI is InChI=1S/C12H16O.C9H8O4/c1-2-3-4-5-6-11-7-9-12(13)10-8-11;1-5-2-3-6(8(10)11)4-7(5)9(12)13/h4-5,7-10,13H,2-3,6H2,1H3;2-4H,1H3,(H,10,11)(H,12,13). The van der Waals surface area contributed by atoms with Crippen molar-refractivity contribution in [2.75, 3.05) is 0 Å². The molecule has 0 spiro atoms. The normalized spacial score (nSPS) is 10.2. The van der Waals surface area contributed by atoms with Crippen LogP contribution in [0.25, 0.3) is 0 Å². The van der Waals surface area contributed by atoms with Crippen LogP contribution in [0.15, 0.2) is 54.6 Å². The number of carbonyl (C=O) groups is 2. The summed E-state index contributed by atoms with van der Waals surface area (Å²) in [6.45, 7) is 3.79. The Balaban J connectivity index is 0.000000260. The zero-order valence-corrected chi connectivity index (χ0v) is 15.0. The number of unbranched alkanes of at least 4 members (excludes halogenated alkanes) is 1. The Morgan fingerprint density at radius 3 is 2.15 bits per heavy atom. The van der Waals surface area contributed by atoms with Crippen molar-refractivity contribution in [2.24, 2.45) is 0 Å². The van der Waals surface area contributed by atoms with E-state index in [4.69, 9.17) is 15.3 Å². The molecule has 2 aromatic rings. The summed E-state index contributed by atoms with van der Waals surface area (Å²) in [6.07, 6.45) is 7.69. The third-order valence-electron chi connectivity index (χ3n) is 3.63. The lowest BCUT2D eigenvalue weighted by Gasteiger charge is -2.01. The second-order valence-corrected chi connectivity index (χ2v) is 5.77. The number of benzene rings is 2. The zero-order valence-electron chi connectivity index (χ0n) is 15.0. The predicted molar refractivity (Wildman–Crippen MR) is 101 cm³/mol. The van der Waals surface area contributed by atoms with E-state index >= 15 is 0 Å². The van der Waals surface area contributed by atoms with Crippen LogP contribution in [0.2, 0.25) is 0 Å². The quantitative estimate of drug-likeness (QED) is 0.653. The van der Waals surface area contributed by atoms with Crippen molar-refractivity contribution < 1.29 is 24.9 Å². The summed E-state index contributed by atoms with van der Waals surface area (Å²) in [7, 11) is 0. The molecule has 0 aliphatic carbocycles. The molecule has 138 valence electrons. The first-order valence-corrected chi connectivity index (χ1v) is 8.35. The lowest BCUT2D eigenvalue weighted by atomic mass is 10.1. The lowest BCUT2D eigenvalue weighted by Crippen LogP contribution is -2.03. The van der Waals surface area contributed by atoms with Crippen LogP contribution in [0.5, 0.6) is 5.75 Å². The summed E-state index contributed by atoms with van der Waals surface area (Å²) in [5, 5.41) is 26.3. The van der Waals surface area contributed by atoms with E-state index in [1.165, 1.54) is 24.1 Å². The van der Waals surface area contributed by atoms with Crippen LogP contribution in [-0.4, -0.2) is 27.3 Å². The van der Waals surface area contributed by atoms with E-state index in [0.717, 1.165) is 18.9 Å². The second kappa shape index (κ2) is 10.7. The molecule has 0 amide bonds. The van der Waals surface area contributed by atoms with Crippen molar-refractivity contribution >= 4 is 11.9 Å². The van der Waals surface area contributed by atoms with E-state index in [2.05, 4.69) is 19.1 Å². The van der Waals surface area contributed by atoms with Gasteiger partial charge in [0.15, 0.2) is 0 Å². The van der Waals surface area contributed by atoms with Gasteiger partial charge in [0.1, 0.15) is 5.75 Å². The van der Waals surface area contributed by atoms with E-state index < -0.39 is 11.9 Å². The minimum atomic E-state index is -1.12. The maximum Gasteiger partial charge on any atom is 0.335 e. The third-order valence-corrected chi connectivity index (χ3v) is 3.63. The summed E-state index contributed by atoms with van der Waals surface area (Å²) in [4.78, 5) is 21.1. The molecule has 0 heterocycles. The van der Waals surface area contributed by atoms with Crippen molar-refractivity contribution in [3.8, 4) is 5.75 Å². The molecule has 0 atom stereocenters. The van der Waals surface area contributed by atoms with Crippen LogP contribution in [0.3, 0.4) is 0 Å². The number of aromatic hydroxyl groups is 1. The molecular weight excluding hydrogens is 332 g/mol. The van der Waals surface area contributed by atoms with Crippen LogP contribution in [0.4, 0.5) is 0 Å². The first-order valence-electron chi connectivity index (χ1n) is 8.35. The summed E-state index contributed by atoms with van der Waals surface area (Å²) >= 11 is 0. The Morgan fingerprint density at radius 2 is 1.62 bits per heavy atom. The number of hydrogen-bond donors (Lipinski definition) is 3. The van der Waals surface area contributed by atoms with Crippen molar-refractivity contribution in [1.82, 2.24) is 0 Å². The lowest BCUT2D eigenvalue weighted by molar-refractivity contribution is 0.0695. The van der Waals surface area contributed by atoms with Crippen LogP contribution in [-0.2, 0) is 6.42 Å². The van der Waals surface area contributed by atoms with E-state index in [1.807, 2.05) is 12.1 Å². The highest BCUT2D eigenvalue weighted by molar-refractivity contribution is 5.94. The highest BCUT2D eigenvalue weighted by Gasteiger charge is 2.10. The van der Waals surface area contributed by atoms with Crippen LogP contribution >= 0.6 is 0 Å². The number of phenols is 1. The first-order chi connectivity index (χ1) is 12.3. The predicted octanol–water partition coefficient (Wildman–Crippen LogP) is 4.68. The molecule has 0 aliphatic rings. The van der Waals surface area contributed by atoms with Crippen molar-refractivity contribution in [2.45, 2.75) is 33.1 Å². The van der Waals surface area contributed by atoms with Gasteiger partial charge in [-0.25, -0.2) is 9.59 Å². The molecule has 0 saturated carbocycles. The van der Waals surface area contributed by atoms with E-state index in [0.29, 0.717) is 11.3 Å². The monoisotopic (exact) mass is 356 g/mol. The minimum absolute atomic E-state index is 0.0111. The average molecular weight is 356 g/mol. The van der Waals surface area contributed by atoms with Gasteiger partial charge in [0.05, 0.1) is 11.1 Å². The van der Waals surface area contributed by atoms with Gasteiger partial charge in [0.25, 0.3) is 0 Å². The fourth-order valence-electron chi connectivity index (χ4n) is 2.12. The number of aryl methyl sites for hydroxylation is 1. The van der Waals surface area contributed by atoms with Gasteiger partial charge in [-0.15, -0.1) is 0 Å². The topological polar surface area (TPSA) is 94.8 Å². The minimum Gasteiger partial charge on any atom is -0.508 e. The van der Waals surface area contributed by atoms with E-state index in [1.54, 1.807) is 19.1 Å². The van der Waals surface area contributed by atoms with E-state index in [9.17, 15) is 9.59 Å². The van der Waals surface area contributed by atoms with Crippen LogP contribution in [0, 0.1) is 6.92 Å². The largest absolute Gasteiger partial charge is 0.508 e. The van der Waals surface area contributed by atoms with Gasteiger partial charge >= 0.3 is 11.9 Å². The Kier molecular flexibility index (Phi) is 8.64. The fourth-order valence-corrected chi connectivity index (χ4v) is 2.12. The summed E-state index contributed by atoms with van der Waals surface area (Å²) in [5.41, 5.74) is 1.81. The Hall–Kier alpha value is -3.08. The van der Waals surface area contributed by atoms with E-state index in [-0.39, 0.29) is 11.1 Å². The van der Waals surface area contributed by atoms with Gasteiger partial charge in [0, 0.05) is 0 Å². The number of allylic oxidation sites excluding steroid dienone is 2. The number of carboxylic acid groups (broad SMARTS) is 2. The third kappa shape index (κ3) is 7.21. The molecule has 0 aromatic heterocycles. The molecule has 5 nitrogen and oxygen atoms in total. The number of phenolic OH excluding ortho intramolecular Hbond substituents is 1. The molecule has 26 heavy (non-hydrogen) atoms. The van der Waals surface area contributed by atoms with Crippen LogP contribution < -0.4 is 0 Å². The smallest absolute Gasteiger partial charge is 0.335 e. The SMILES string of the molecule is CCCC=CCc1ccc(O)cc1.Cc1ccc(C(=O)O)cc1C(=O)O. The summed E-state index contributed by atoms with van der Waals surface area (Å²) in [5.74, 6) is -1.90. The summed E-state index contributed by atoms with van der Waals surface area (Å²) < 4.78 is 0. The number of rotatable bonds is 6. The molecule has 0 bridgehead atoms. The molecule has 2 aromatic carbocycles. The highest BCUT2D eigenvalue weighted by atomic mass is 16.4. The van der Waals surface area contributed by atoms with Gasteiger partial charge in [-0.05, 0) is 55.2 Å². The molecule has 0 fully saturated rings. The Bertz CT molecular complexity index is 760. The van der Waals surface area contributed by atoms with Gasteiger partial charge in [0.2, 0.25) is 0 Å². The Labute approximate surface area is 153 Å². The number of carboxylic acids is 2. The molecule has 0 unspecified atom stereocenters.